The van der Waals surface area contributed by atoms with Crippen molar-refractivity contribution in [1.82, 2.24) is 14.8 Å². The van der Waals surface area contributed by atoms with Crippen molar-refractivity contribution in [3.05, 3.63) is 48.5 Å². The maximum Gasteiger partial charge on any atom is 0.387 e. The third-order valence-electron chi connectivity index (χ3n) is 5.18. The summed E-state index contributed by atoms with van der Waals surface area (Å²) in [6, 6.07) is 13.5. The Bertz CT molecular complexity index is 1100. The molecular formula is C23H24F2N4O4S. The van der Waals surface area contributed by atoms with E-state index in [-0.39, 0.29) is 29.2 Å². The van der Waals surface area contributed by atoms with E-state index < -0.39 is 6.61 Å². The number of thioether (sulfide) groups is 1. The van der Waals surface area contributed by atoms with Crippen molar-refractivity contribution in [2.24, 2.45) is 0 Å². The summed E-state index contributed by atoms with van der Waals surface area (Å²) in [6.07, 6.45) is 1.97. The number of alkyl halides is 2. The van der Waals surface area contributed by atoms with Crippen LogP contribution in [0.5, 0.6) is 11.5 Å². The number of hydrogen-bond acceptors (Lipinski definition) is 7. The minimum Gasteiger partial charge on any atom is -0.497 e. The van der Waals surface area contributed by atoms with Gasteiger partial charge in [-0.3, -0.25) is 9.36 Å². The Morgan fingerprint density at radius 1 is 1.24 bits per heavy atom. The lowest BCUT2D eigenvalue weighted by Gasteiger charge is -2.15. The maximum absolute atomic E-state index is 12.6. The monoisotopic (exact) mass is 490 g/mol. The summed E-state index contributed by atoms with van der Waals surface area (Å²) in [5, 5.41) is 11.8. The van der Waals surface area contributed by atoms with Gasteiger partial charge in [0.05, 0.1) is 31.2 Å². The smallest absolute Gasteiger partial charge is 0.387 e. The first-order valence-corrected chi connectivity index (χ1v) is 11.7. The Balaban J connectivity index is 1.49. The predicted molar refractivity (Wildman–Crippen MR) is 123 cm³/mol. The summed E-state index contributed by atoms with van der Waals surface area (Å²) in [4.78, 5) is 12.6. The Kier molecular flexibility index (Phi) is 7.96. The Hall–Kier alpha value is -3.18. The maximum atomic E-state index is 12.6. The van der Waals surface area contributed by atoms with Crippen molar-refractivity contribution in [2.45, 2.75) is 37.3 Å². The highest BCUT2D eigenvalue weighted by Gasteiger charge is 2.22. The fourth-order valence-corrected chi connectivity index (χ4v) is 4.34. The number of carbonyl (C=O) groups excluding carboxylic acids is 1. The number of carbonyl (C=O) groups is 1. The first kappa shape index (κ1) is 24.0. The molecule has 180 valence electrons. The van der Waals surface area contributed by atoms with E-state index in [4.69, 9.17) is 9.47 Å². The molecule has 34 heavy (non-hydrogen) atoms. The molecule has 1 amide bonds. The number of halogens is 2. The van der Waals surface area contributed by atoms with Gasteiger partial charge in [-0.2, -0.15) is 8.78 Å². The molecule has 1 aromatic heterocycles. The summed E-state index contributed by atoms with van der Waals surface area (Å²) in [7, 11) is 1.60. The molecule has 8 nitrogen and oxygen atoms in total. The number of aromatic nitrogens is 3. The topological polar surface area (TPSA) is 87.5 Å². The summed E-state index contributed by atoms with van der Waals surface area (Å²) in [5.41, 5.74) is 1.04. The van der Waals surface area contributed by atoms with Crippen LogP contribution >= 0.6 is 11.8 Å². The van der Waals surface area contributed by atoms with Crippen LogP contribution in [0.3, 0.4) is 0 Å². The second-order valence-electron chi connectivity index (χ2n) is 7.49. The van der Waals surface area contributed by atoms with E-state index >= 15 is 0 Å². The van der Waals surface area contributed by atoms with Crippen molar-refractivity contribution in [1.29, 1.82) is 0 Å². The first-order chi connectivity index (χ1) is 16.5. The Morgan fingerprint density at radius 2 is 2.03 bits per heavy atom. The lowest BCUT2D eigenvalue weighted by Crippen LogP contribution is -2.18. The highest BCUT2D eigenvalue weighted by Crippen LogP contribution is 2.29. The van der Waals surface area contributed by atoms with Gasteiger partial charge in [-0.25, -0.2) is 0 Å². The molecule has 1 aliphatic rings. The van der Waals surface area contributed by atoms with E-state index in [0.717, 1.165) is 30.8 Å². The van der Waals surface area contributed by atoms with Gasteiger partial charge >= 0.3 is 6.61 Å². The van der Waals surface area contributed by atoms with Crippen LogP contribution in [0.1, 0.15) is 12.8 Å². The molecular weight excluding hydrogens is 466 g/mol. The van der Waals surface area contributed by atoms with E-state index in [1.54, 1.807) is 19.2 Å². The zero-order valence-electron chi connectivity index (χ0n) is 18.4. The van der Waals surface area contributed by atoms with Gasteiger partial charge < -0.3 is 19.5 Å². The van der Waals surface area contributed by atoms with E-state index in [2.05, 4.69) is 20.3 Å². The van der Waals surface area contributed by atoms with Crippen molar-refractivity contribution in [3.8, 4) is 22.9 Å². The number of ether oxygens (including phenoxy) is 3. The van der Waals surface area contributed by atoms with E-state index in [9.17, 15) is 13.6 Å². The predicted octanol–water partition coefficient (Wildman–Crippen LogP) is 4.46. The van der Waals surface area contributed by atoms with Crippen LogP contribution in [-0.2, 0) is 16.1 Å². The normalized spacial score (nSPS) is 15.5. The van der Waals surface area contributed by atoms with Gasteiger partial charge in [0.15, 0.2) is 11.0 Å². The molecule has 3 aromatic rings. The standard InChI is InChI=1S/C23H24F2N4O4S/c1-31-16-10-8-15(9-11-16)21-27-28-23(29(21)13-17-5-4-12-32-17)34-14-20(30)26-18-6-2-3-7-19(18)33-22(24)25/h2-3,6-11,17,22H,4-5,12-14H2,1H3,(H,26,30)/t17-/m1/s1. The molecule has 1 N–H and O–H groups in total. The zero-order valence-corrected chi connectivity index (χ0v) is 19.3. The van der Waals surface area contributed by atoms with E-state index in [1.165, 1.54) is 23.9 Å². The van der Waals surface area contributed by atoms with E-state index in [1.807, 2.05) is 28.8 Å². The van der Waals surface area contributed by atoms with Gasteiger partial charge in [-0.1, -0.05) is 23.9 Å². The zero-order chi connectivity index (χ0) is 23.9. The van der Waals surface area contributed by atoms with Crippen LogP contribution in [0, 0.1) is 0 Å². The fraction of sp³-hybridized carbons (Fsp3) is 0.348. The molecule has 0 saturated carbocycles. The third kappa shape index (κ3) is 6.03. The summed E-state index contributed by atoms with van der Waals surface area (Å²) in [5.74, 6) is 0.926. The summed E-state index contributed by atoms with van der Waals surface area (Å²) >= 11 is 1.21. The highest BCUT2D eigenvalue weighted by molar-refractivity contribution is 7.99. The average Bonchev–Trinajstić information content (AvgIpc) is 3.49. The van der Waals surface area contributed by atoms with Crippen molar-refractivity contribution >= 4 is 23.4 Å². The second kappa shape index (κ2) is 11.3. The molecule has 2 heterocycles. The SMILES string of the molecule is COc1ccc(-c2nnc(SCC(=O)Nc3ccccc3OC(F)F)n2C[C@H]2CCCO2)cc1. The number of benzene rings is 2. The average molecular weight is 491 g/mol. The van der Waals surface area contributed by atoms with Gasteiger partial charge in [0.25, 0.3) is 0 Å². The van der Waals surface area contributed by atoms with Crippen LogP contribution in [0.4, 0.5) is 14.5 Å². The molecule has 0 unspecified atom stereocenters. The number of amides is 1. The molecule has 1 saturated heterocycles. The molecule has 11 heteroatoms. The second-order valence-corrected chi connectivity index (χ2v) is 8.43. The number of rotatable bonds is 10. The van der Waals surface area contributed by atoms with Crippen molar-refractivity contribution < 1.29 is 27.8 Å². The van der Waals surface area contributed by atoms with Crippen molar-refractivity contribution in [2.75, 3.05) is 24.8 Å². The summed E-state index contributed by atoms with van der Waals surface area (Å²) < 4.78 is 42.7. The molecule has 2 aromatic carbocycles. The molecule has 0 bridgehead atoms. The van der Waals surface area contributed by atoms with Crippen LogP contribution in [0.2, 0.25) is 0 Å². The first-order valence-electron chi connectivity index (χ1n) is 10.7. The molecule has 0 spiro atoms. The van der Waals surface area contributed by atoms with Crippen LogP contribution in [0.25, 0.3) is 11.4 Å². The summed E-state index contributed by atoms with van der Waals surface area (Å²) in [6.45, 7) is -1.71. The van der Waals surface area contributed by atoms with Gasteiger partial charge in [-0.05, 0) is 49.2 Å². The molecule has 4 rings (SSSR count). The largest absolute Gasteiger partial charge is 0.497 e. The lowest BCUT2D eigenvalue weighted by atomic mass is 10.2. The van der Waals surface area contributed by atoms with Crippen LogP contribution in [0.15, 0.2) is 53.7 Å². The molecule has 0 aliphatic carbocycles. The number of methoxy groups -OCH3 is 1. The highest BCUT2D eigenvalue weighted by atomic mass is 32.2. The van der Waals surface area contributed by atoms with Gasteiger partial charge in [0.1, 0.15) is 11.5 Å². The molecule has 1 aliphatic heterocycles. The number of nitrogens with zero attached hydrogens (tertiary/aromatic N) is 3. The number of hydrogen-bond donors (Lipinski definition) is 1. The number of nitrogens with one attached hydrogen (secondary N) is 1. The molecule has 1 fully saturated rings. The minimum absolute atomic E-state index is 0.00921. The van der Waals surface area contributed by atoms with Gasteiger partial charge in [-0.15, -0.1) is 10.2 Å². The van der Waals surface area contributed by atoms with Crippen molar-refractivity contribution in [3.63, 3.8) is 0 Å². The van der Waals surface area contributed by atoms with E-state index in [0.29, 0.717) is 17.5 Å². The van der Waals surface area contributed by atoms with Gasteiger partial charge in [0.2, 0.25) is 5.91 Å². The lowest BCUT2D eigenvalue weighted by molar-refractivity contribution is -0.113. The quantitative estimate of drug-likeness (QED) is 0.420. The van der Waals surface area contributed by atoms with Crippen LogP contribution in [-0.4, -0.2) is 52.9 Å². The van der Waals surface area contributed by atoms with Gasteiger partial charge in [0, 0.05) is 12.2 Å². The Labute approximate surface area is 199 Å². The minimum atomic E-state index is -2.99. The molecule has 1 atom stereocenters. The Morgan fingerprint density at radius 3 is 2.74 bits per heavy atom. The third-order valence-corrected chi connectivity index (χ3v) is 6.15. The number of anilines is 1. The molecule has 0 radical (unpaired) electrons. The number of para-hydroxylation sites is 2. The fourth-order valence-electron chi connectivity index (χ4n) is 3.59. The van der Waals surface area contributed by atoms with Crippen LogP contribution < -0.4 is 14.8 Å².